The summed E-state index contributed by atoms with van der Waals surface area (Å²) >= 11 is 0. The summed E-state index contributed by atoms with van der Waals surface area (Å²) in [4.78, 5) is 11.1. The molecule has 1 aliphatic rings. The van der Waals surface area contributed by atoms with E-state index in [0.29, 0.717) is 0 Å². The Balaban J connectivity index is 2.06. The molecule has 0 radical (unpaired) electrons. The average Bonchev–Trinajstić information content (AvgIpc) is 3.02. The number of aliphatic hydroxyl groups is 1. The lowest BCUT2D eigenvalue weighted by Crippen LogP contribution is -2.31. The molecule has 0 spiro atoms. The van der Waals surface area contributed by atoms with E-state index in [0.717, 1.165) is 0 Å². The lowest BCUT2D eigenvalue weighted by atomic mass is 10.1. The van der Waals surface area contributed by atoms with Gasteiger partial charge in [-0.1, -0.05) is 5.92 Å². The van der Waals surface area contributed by atoms with Gasteiger partial charge in [0, 0.05) is 0 Å². The highest BCUT2D eigenvalue weighted by Gasteiger charge is 2.34. The molecule has 102 valence electrons. The van der Waals surface area contributed by atoms with Crippen LogP contribution in [0.1, 0.15) is 6.23 Å². The number of nitrogen functional groups attached to an aromatic ring is 1. The van der Waals surface area contributed by atoms with E-state index in [1.165, 1.54) is 10.9 Å². The van der Waals surface area contributed by atoms with Gasteiger partial charge >= 0.3 is 6.08 Å². The second-order valence-corrected chi connectivity index (χ2v) is 4.26. The van der Waals surface area contributed by atoms with Crippen molar-refractivity contribution in [1.29, 1.82) is 0 Å². The molecule has 0 saturated heterocycles. The van der Waals surface area contributed by atoms with Crippen molar-refractivity contribution in [2.75, 3.05) is 12.3 Å². The number of halogens is 1. The summed E-state index contributed by atoms with van der Waals surface area (Å²) in [5.74, 6) is 2.31. The predicted octanol–water partition coefficient (Wildman–Crippen LogP) is -0.00310. The number of hydrogen-bond donors (Lipinski definition) is 2. The van der Waals surface area contributed by atoms with Crippen LogP contribution in [-0.2, 0) is 4.74 Å². The van der Waals surface area contributed by atoms with Crippen molar-refractivity contribution < 1.29 is 14.2 Å². The van der Waals surface area contributed by atoms with Gasteiger partial charge in [-0.15, -0.1) is 6.42 Å². The van der Waals surface area contributed by atoms with Gasteiger partial charge in [0.1, 0.15) is 0 Å². The van der Waals surface area contributed by atoms with E-state index in [9.17, 15) is 9.50 Å². The van der Waals surface area contributed by atoms with Crippen molar-refractivity contribution in [1.82, 2.24) is 19.5 Å². The summed E-state index contributed by atoms with van der Waals surface area (Å²) in [6.07, 6.45) is 8.32. The molecule has 7 nitrogen and oxygen atoms in total. The van der Waals surface area contributed by atoms with Crippen LogP contribution in [0.4, 0.5) is 10.2 Å². The van der Waals surface area contributed by atoms with E-state index in [2.05, 4.69) is 20.9 Å². The van der Waals surface area contributed by atoms with Crippen LogP contribution in [0.3, 0.4) is 0 Å². The Kier molecular flexibility index (Phi) is 2.67. The summed E-state index contributed by atoms with van der Waals surface area (Å²) in [6.45, 7) is -0.366. The fraction of sp³-hybridized carbons (Fsp3) is 0.250. The number of fused-ring (bicyclic) bond motifs is 1. The van der Waals surface area contributed by atoms with Gasteiger partial charge < -0.3 is 15.6 Å². The maximum absolute atomic E-state index is 13.3. The van der Waals surface area contributed by atoms with E-state index in [1.807, 2.05) is 0 Å². The molecule has 0 amide bonds. The molecule has 2 atom stereocenters. The Bertz CT molecular complexity index is 750. The Morgan fingerprint density at radius 1 is 1.60 bits per heavy atom. The zero-order chi connectivity index (χ0) is 14.3. The van der Waals surface area contributed by atoms with Gasteiger partial charge in [0.15, 0.2) is 28.8 Å². The lowest BCUT2D eigenvalue weighted by Gasteiger charge is -2.21. The van der Waals surface area contributed by atoms with E-state index >= 15 is 0 Å². The van der Waals surface area contributed by atoms with E-state index < -0.39 is 17.9 Å². The van der Waals surface area contributed by atoms with Crippen LogP contribution in [0.15, 0.2) is 18.5 Å². The summed E-state index contributed by atoms with van der Waals surface area (Å²) in [5.41, 5.74) is 4.84. The molecule has 2 aromatic rings. The van der Waals surface area contributed by atoms with Gasteiger partial charge in [-0.3, -0.25) is 4.57 Å². The van der Waals surface area contributed by atoms with Crippen LogP contribution in [0.25, 0.3) is 11.2 Å². The molecule has 8 heteroatoms. The van der Waals surface area contributed by atoms with Gasteiger partial charge in [-0.2, -0.15) is 14.4 Å². The molecule has 20 heavy (non-hydrogen) atoms. The molecule has 0 aromatic carbocycles. The molecule has 0 saturated carbocycles. The van der Waals surface area contributed by atoms with Crippen LogP contribution in [0, 0.1) is 18.4 Å². The van der Waals surface area contributed by atoms with Gasteiger partial charge in [0.2, 0.25) is 0 Å². The SMILES string of the molecule is C#CC1(CO)C=C[C@@H](n2cnc3c(N)nc(F)nc32)O1. The van der Waals surface area contributed by atoms with Crippen LogP contribution >= 0.6 is 0 Å². The molecular formula is C12H10FN5O2. The molecule has 0 fully saturated rings. The third-order valence-corrected chi connectivity index (χ3v) is 3.04. The maximum atomic E-state index is 13.3. The van der Waals surface area contributed by atoms with E-state index in [-0.39, 0.29) is 23.6 Å². The number of nitrogens with zero attached hydrogens (tertiary/aromatic N) is 4. The molecular weight excluding hydrogens is 265 g/mol. The van der Waals surface area contributed by atoms with E-state index in [1.54, 1.807) is 12.2 Å². The van der Waals surface area contributed by atoms with Crippen LogP contribution < -0.4 is 5.73 Å². The first kappa shape index (κ1) is 12.5. The molecule has 1 aliphatic heterocycles. The topological polar surface area (TPSA) is 99.1 Å². The Morgan fingerprint density at radius 3 is 3.05 bits per heavy atom. The number of imidazole rings is 1. The normalized spacial score (nSPS) is 25.1. The largest absolute Gasteiger partial charge is 0.392 e. The van der Waals surface area contributed by atoms with Gasteiger partial charge in [0.05, 0.1) is 12.9 Å². The lowest BCUT2D eigenvalue weighted by molar-refractivity contribution is -0.0470. The van der Waals surface area contributed by atoms with Crippen LogP contribution in [-0.4, -0.2) is 36.8 Å². The number of nitrogens with two attached hydrogens (primary N) is 1. The predicted molar refractivity (Wildman–Crippen MR) is 67.6 cm³/mol. The van der Waals surface area contributed by atoms with Crippen LogP contribution in [0.2, 0.25) is 0 Å². The maximum Gasteiger partial charge on any atom is 0.312 e. The Hall–Kier alpha value is -2.50. The summed E-state index contributed by atoms with van der Waals surface area (Å²) < 4.78 is 20.3. The summed E-state index contributed by atoms with van der Waals surface area (Å²) in [5, 5.41) is 9.28. The smallest absolute Gasteiger partial charge is 0.312 e. The number of terminal acetylenes is 1. The van der Waals surface area contributed by atoms with Gasteiger partial charge in [-0.25, -0.2) is 4.98 Å². The first-order valence-electron chi connectivity index (χ1n) is 5.70. The fourth-order valence-electron chi connectivity index (χ4n) is 2.00. The standard InChI is InChI=1S/C12H10FN5O2/c1-2-12(5-19)4-3-7(20-12)18-6-15-8-9(14)16-11(13)17-10(8)18/h1,3-4,6-7,19H,5H2,(H2,14,16,17)/t7-,12?/m0/s1. The first-order valence-corrected chi connectivity index (χ1v) is 5.70. The van der Waals surface area contributed by atoms with Crippen LogP contribution in [0.5, 0.6) is 0 Å². The van der Waals surface area contributed by atoms with E-state index in [4.69, 9.17) is 16.9 Å². The molecule has 0 bridgehead atoms. The zero-order valence-electron chi connectivity index (χ0n) is 10.2. The second kappa shape index (κ2) is 4.26. The number of aliphatic hydroxyl groups excluding tert-OH is 1. The third-order valence-electron chi connectivity index (χ3n) is 3.04. The van der Waals surface area contributed by atoms with Crippen molar-refractivity contribution in [2.24, 2.45) is 0 Å². The number of anilines is 1. The molecule has 1 unspecified atom stereocenters. The molecule has 3 heterocycles. The molecule has 3 N–H and O–H groups in total. The fourth-order valence-corrected chi connectivity index (χ4v) is 2.00. The number of hydrogen-bond acceptors (Lipinski definition) is 6. The van der Waals surface area contributed by atoms with Crippen molar-refractivity contribution >= 4 is 17.0 Å². The van der Waals surface area contributed by atoms with Crippen molar-refractivity contribution in [2.45, 2.75) is 11.8 Å². The molecule has 2 aromatic heterocycles. The number of ether oxygens (including phenoxy) is 1. The minimum Gasteiger partial charge on any atom is -0.392 e. The molecule has 0 aliphatic carbocycles. The molecule has 3 rings (SSSR count). The van der Waals surface area contributed by atoms with Gasteiger partial charge in [0.25, 0.3) is 0 Å². The average molecular weight is 275 g/mol. The Morgan fingerprint density at radius 2 is 2.40 bits per heavy atom. The highest BCUT2D eigenvalue weighted by molar-refractivity contribution is 5.81. The summed E-state index contributed by atoms with van der Waals surface area (Å²) in [6, 6.07) is 0. The minimum absolute atomic E-state index is 0.0569. The van der Waals surface area contributed by atoms with Gasteiger partial charge in [-0.05, 0) is 12.2 Å². The minimum atomic E-state index is -1.20. The van der Waals surface area contributed by atoms with Crippen molar-refractivity contribution in [3.8, 4) is 12.3 Å². The first-order chi connectivity index (χ1) is 9.58. The highest BCUT2D eigenvalue weighted by Crippen LogP contribution is 2.31. The zero-order valence-corrected chi connectivity index (χ0v) is 10.2. The summed E-state index contributed by atoms with van der Waals surface area (Å²) in [7, 11) is 0. The quantitative estimate of drug-likeness (QED) is 0.454. The number of aromatic nitrogens is 4. The number of rotatable bonds is 2. The monoisotopic (exact) mass is 275 g/mol. The van der Waals surface area contributed by atoms with Crippen molar-refractivity contribution in [3.05, 3.63) is 24.6 Å². The van der Waals surface area contributed by atoms with Crippen molar-refractivity contribution in [3.63, 3.8) is 0 Å². The highest BCUT2D eigenvalue weighted by atomic mass is 19.1. The second-order valence-electron chi connectivity index (χ2n) is 4.26. The Labute approximate surface area is 112 Å². The third kappa shape index (κ3) is 1.72.